The summed E-state index contributed by atoms with van der Waals surface area (Å²) in [5.74, 6) is -0.820. The van der Waals surface area contributed by atoms with Crippen molar-refractivity contribution in [1.82, 2.24) is 0 Å². The summed E-state index contributed by atoms with van der Waals surface area (Å²) in [7, 11) is 1.14. The number of esters is 1. The van der Waals surface area contributed by atoms with E-state index in [1.807, 2.05) is 0 Å². The van der Waals surface area contributed by atoms with Crippen molar-refractivity contribution in [3.63, 3.8) is 0 Å². The van der Waals surface area contributed by atoms with Gasteiger partial charge < -0.3 is 10.1 Å². The Morgan fingerprint density at radius 2 is 1.73 bits per heavy atom. The molecule has 2 aromatic carbocycles. The summed E-state index contributed by atoms with van der Waals surface area (Å²) >= 11 is 0. The van der Waals surface area contributed by atoms with Crippen LogP contribution >= 0.6 is 0 Å². The highest BCUT2D eigenvalue weighted by atomic mass is 16.6. The smallest absolute Gasteiger partial charge is 0.344 e. The number of nitro benzene ring substituents is 2. The molecule has 0 amide bonds. The van der Waals surface area contributed by atoms with Crippen LogP contribution in [0, 0.1) is 27.2 Å². The number of hydrogen-bond donors (Lipinski definition) is 1. The van der Waals surface area contributed by atoms with Gasteiger partial charge in [0.05, 0.1) is 17.0 Å². The van der Waals surface area contributed by atoms with Crippen LogP contribution in [0.15, 0.2) is 36.4 Å². The average Bonchev–Trinajstić information content (AvgIpc) is 2.60. The Labute approximate surface area is 148 Å². The lowest BCUT2D eigenvalue weighted by Gasteiger charge is -2.16. The molecule has 1 atom stereocenters. The van der Waals surface area contributed by atoms with Crippen LogP contribution in [-0.4, -0.2) is 22.9 Å². The van der Waals surface area contributed by atoms with E-state index in [1.54, 1.807) is 26.0 Å². The molecule has 0 aliphatic carbocycles. The number of methoxy groups -OCH3 is 1. The third-order valence-electron chi connectivity index (χ3n) is 3.91. The van der Waals surface area contributed by atoms with Gasteiger partial charge in [-0.05, 0) is 31.5 Å². The summed E-state index contributed by atoms with van der Waals surface area (Å²) in [5.41, 5.74) is 1.14. The van der Waals surface area contributed by atoms with Gasteiger partial charge in [-0.15, -0.1) is 0 Å². The van der Waals surface area contributed by atoms with Gasteiger partial charge in [-0.25, -0.2) is 4.79 Å². The summed E-state index contributed by atoms with van der Waals surface area (Å²) < 4.78 is 4.58. The zero-order chi connectivity index (χ0) is 19.4. The van der Waals surface area contributed by atoms with Crippen LogP contribution in [0.25, 0.3) is 0 Å². The summed E-state index contributed by atoms with van der Waals surface area (Å²) in [6, 6.07) is 8.54. The Bertz CT molecular complexity index is 881. The first-order valence-electron chi connectivity index (χ1n) is 7.62. The van der Waals surface area contributed by atoms with E-state index in [4.69, 9.17) is 0 Å². The highest BCUT2D eigenvalue weighted by Crippen LogP contribution is 2.28. The van der Waals surface area contributed by atoms with E-state index in [0.29, 0.717) is 16.8 Å². The number of nitro groups is 2. The van der Waals surface area contributed by atoms with Crippen LogP contribution in [0.1, 0.15) is 34.5 Å². The Morgan fingerprint density at radius 3 is 2.31 bits per heavy atom. The predicted octanol–water partition coefficient (Wildman–Crippen LogP) is 3.77. The van der Waals surface area contributed by atoms with Crippen molar-refractivity contribution < 1.29 is 19.4 Å². The van der Waals surface area contributed by atoms with E-state index in [-0.39, 0.29) is 23.0 Å². The lowest BCUT2D eigenvalue weighted by molar-refractivity contribution is -0.385. The number of hydrogen-bond acceptors (Lipinski definition) is 7. The second-order valence-corrected chi connectivity index (χ2v) is 5.65. The molecule has 2 rings (SSSR count). The maximum Gasteiger partial charge on any atom is 0.344 e. The molecule has 0 aliphatic heterocycles. The van der Waals surface area contributed by atoms with Crippen LogP contribution in [0.3, 0.4) is 0 Å². The number of rotatable bonds is 6. The fourth-order valence-electron chi connectivity index (χ4n) is 2.48. The van der Waals surface area contributed by atoms with Crippen molar-refractivity contribution in [2.75, 3.05) is 12.4 Å². The summed E-state index contributed by atoms with van der Waals surface area (Å²) in [6.07, 6.45) is 0. The topological polar surface area (TPSA) is 125 Å². The van der Waals surface area contributed by atoms with E-state index >= 15 is 0 Å². The van der Waals surface area contributed by atoms with Gasteiger partial charge in [-0.1, -0.05) is 12.1 Å². The number of nitrogens with one attached hydrogen (secondary N) is 1. The molecule has 136 valence electrons. The SMILES string of the molecule is COC(=O)c1cc(NC(C)c2ccc(C)c([N+](=O)[O-])c2)ccc1[N+](=O)[O-]. The third kappa shape index (κ3) is 3.94. The summed E-state index contributed by atoms with van der Waals surface area (Å²) in [4.78, 5) is 32.8. The van der Waals surface area contributed by atoms with Crippen molar-refractivity contribution in [1.29, 1.82) is 0 Å². The number of anilines is 1. The monoisotopic (exact) mass is 359 g/mol. The molecule has 1 unspecified atom stereocenters. The molecule has 0 aliphatic rings. The van der Waals surface area contributed by atoms with Gasteiger partial charge in [0.1, 0.15) is 5.56 Å². The number of aryl methyl sites for hydroxylation is 1. The molecule has 0 fully saturated rings. The molecular formula is C17H17N3O6. The molecule has 0 radical (unpaired) electrons. The highest BCUT2D eigenvalue weighted by Gasteiger charge is 2.22. The molecule has 26 heavy (non-hydrogen) atoms. The van der Waals surface area contributed by atoms with Gasteiger partial charge in [-0.3, -0.25) is 20.2 Å². The van der Waals surface area contributed by atoms with E-state index in [2.05, 4.69) is 10.1 Å². The van der Waals surface area contributed by atoms with Gasteiger partial charge in [0.25, 0.3) is 11.4 Å². The largest absolute Gasteiger partial charge is 0.465 e. The van der Waals surface area contributed by atoms with Crippen molar-refractivity contribution in [2.24, 2.45) is 0 Å². The quantitative estimate of drug-likeness (QED) is 0.473. The normalized spacial score (nSPS) is 11.5. The molecule has 0 saturated heterocycles. The zero-order valence-corrected chi connectivity index (χ0v) is 14.4. The molecule has 0 spiro atoms. The first-order chi connectivity index (χ1) is 12.2. The van der Waals surface area contributed by atoms with Gasteiger partial charge in [0.15, 0.2) is 0 Å². The number of carbonyl (C=O) groups excluding carboxylic acids is 1. The lowest BCUT2D eigenvalue weighted by Crippen LogP contribution is -2.10. The van der Waals surface area contributed by atoms with Crippen molar-refractivity contribution in [2.45, 2.75) is 19.9 Å². The third-order valence-corrected chi connectivity index (χ3v) is 3.91. The predicted molar refractivity (Wildman–Crippen MR) is 94.3 cm³/mol. The number of ether oxygens (including phenoxy) is 1. The fraction of sp³-hybridized carbons (Fsp3) is 0.235. The standard InChI is InChI=1S/C17H17N3O6/c1-10-4-5-12(8-16(10)20(24)25)11(2)18-13-6-7-15(19(22)23)14(9-13)17(21)26-3/h4-9,11,18H,1-3H3. The van der Waals surface area contributed by atoms with Crippen LogP contribution < -0.4 is 5.32 Å². The van der Waals surface area contributed by atoms with Crippen LogP contribution in [-0.2, 0) is 4.74 Å². The first-order valence-corrected chi connectivity index (χ1v) is 7.62. The maximum atomic E-state index is 11.8. The Hall–Kier alpha value is -3.49. The summed E-state index contributed by atoms with van der Waals surface area (Å²) in [5, 5.41) is 25.2. The fourth-order valence-corrected chi connectivity index (χ4v) is 2.48. The molecule has 0 heterocycles. The van der Waals surface area contributed by atoms with Crippen molar-refractivity contribution >= 4 is 23.0 Å². The maximum absolute atomic E-state index is 11.8. The second kappa shape index (κ2) is 7.60. The molecule has 9 nitrogen and oxygen atoms in total. The van der Waals surface area contributed by atoms with Crippen LogP contribution in [0.2, 0.25) is 0 Å². The Morgan fingerprint density at radius 1 is 1.08 bits per heavy atom. The van der Waals surface area contributed by atoms with Crippen molar-refractivity contribution in [3.8, 4) is 0 Å². The highest BCUT2D eigenvalue weighted by molar-refractivity contribution is 5.95. The molecule has 1 N–H and O–H groups in total. The van der Waals surface area contributed by atoms with Crippen molar-refractivity contribution in [3.05, 3.63) is 73.3 Å². The minimum atomic E-state index is -0.820. The zero-order valence-electron chi connectivity index (χ0n) is 14.4. The number of benzene rings is 2. The van der Waals surface area contributed by atoms with Crippen LogP contribution in [0.5, 0.6) is 0 Å². The molecule has 9 heteroatoms. The molecule has 0 aromatic heterocycles. The molecular weight excluding hydrogens is 342 g/mol. The van der Waals surface area contributed by atoms with Crippen LogP contribution in [0.4, 0.5) is 17.1 Å². The van der Waals surface area contributed by atoms with E-state index in [0.717, 1.165) is 7.11 Å². The minimum Gasteiger partial charge on any atom is -0.465 e. The van der Waals surface area contributed by atoms with E-state index in [1.165, 1.54) is 24.3 Å². The average molecular weight is 359 g/mol. The Balaban J connectivity index is 2.33. The summed E-state index contributed by atoms with van der Waals surface area (Å²) in [6.45, 7) is 3.44. The van der Waals surface area contributed by atoms with E-state index < -0.39 is 15.8 Å². The second-order valence-electron chi connectivity index (χ2n) is 5.65. The first kappa shape index (κ1) is 18.8. The minimum absolute atomic E-state index is 0.00935. The molecule has 0 saturated carbocycles. The van der Waals surface area contributed by atoms with Gasteiger partial charge in [-0.2, -0.15) is 0 Å². The Kier molecular flexibility index (Phi) is 5.51. The van der Waals surface area contributed by atoms with E-state index in [9.17, 15) is 25.0 Å². The van der Waals surface area contributed by atoms with Gasteiger partial charge in [0, 0.05) is 29.4 Å². The molecule has 2 aromatic rings. The lowest BCUT2D eigenvalue weighted by atomic mass is 10.0. The molecule has 0 bridgehead atoms. The van der Waals surface area contributed by atoms with Gasteiger partial charge >= 0.3 is 5.97 Å². The number of carbonyl (C=O) groups is 1. The number of nitrogens with zero attached hydrogens (tertiary/aromatic N) is 2. The van der Waals surface area contributed by atoms with Gasteiger partial charge in [0.2, 0.25) is 0 Å².